The number of likely N-dealkylation sites (tertiary alicyclic amines) is 1. The highest BCUT2D eigenvalue weighted by molar-refractivity contribution is 5.75. The summed E-state index contributed by atoms with van der Waals surface area (Å²) in [7, 11) is 0. The Morgan fingerprint density at radius 1 is 1.33 bits per heavy atom. The Morgan fingerprint density at radius 3 is 2.33 bits per heavy atom. The van der Waals surface area contributed by atoms with E-state index in [1.165, 1.54) is 0 Å². The van der Waals surface area contributed by atoms with Gasteiger partial charge >= 0.3 is 12.1 Å². The average molecular weight is 297 g/mol. The lowest BCUT2D eigenvalue weighted by molar-refractivity contribution is -0.152. The van der Waals surface area contributed by atoms with Gasteiger partial charge in [-0.25, -0.2) is 4.79 Å². The molecule has 0 aromatic rings. The number of ether oxygens (including phenoxy) is 1. The van der Waals surface area contributed by atoms with Crippen molar-refractivity contribution in [3.8, 4) is 0 Å². The number of carboxylic acids is 1. The largest absolute Gasteiger partial charge is 0.481 e. The van der Waals surface area contributed by atoms with Gasteiger partial charge in [-0.2, -0.15) is 0 Å². The van der Waals surface area contributed by atoms with Gasteiger partial charge < -0.3 is 14.7 Å². The number of carbonyl (C=O) groups is 2. The Kier molecular flexibility index (Phi) is 5.81. The second kappa shape index (κ2) is 6.96. The Morgan fingerprint density at radius 2 is 1.90 bits per heavy atom. The lowest BCUT2D eigenvalue weighted by Crippen LogP contribution is -2.47. The van der Waals surface area contributed by atoms with Gasteiger partial charge in [0.15, 0.2) is 0 Å². The number of amides is 1. The Hall–Kier alpha value is -1.52. The van der Waals surface area contributed by atoms with Gasteiger partial charge in [0, 0.05) is 13.1 Å². The molecule has 0 aromatic heterocycles. The van der Waals surface area contributed by atoms with E-state index in [0.717, 1.165) is 12.8 Å². The van der Waals surface area contributed by atoms with Crippen molar-refractivity contribution in [3.63, 3.8) is 0 Å². The van der Waals surface area contributed by atoms with Crippen LogP contribution in [0.5, 0.6) is 0 Å². The molecule has 0 spiro atoms. The molecule has 1 saturated heterocycles. The minimum atomic E-state index is -0.754. The molecule has 0 unspecified atom stereocenters. The Labute approximate surface area is 127 Å². The number of hydrogen-bond donors (Lipinski definition) is 1. The molecule has 0 bridgehead atoms. The van der Waals surface area contributed by atoms with E-state index in [2.05, 4.69) is 6.58 Å². The van der Waals surface area contributed by atoms with Crippen LogP contribution in [0.2, 0.25) is 0 Å². The van der Waals surface area contributed by atoms with E-state index >= 15 is 0 Å². The molecule has 1 N–H and O–H groups in total. The number of nitrogens with zero attached hydrogens (tertiary/aromatic N) is 1. The maximum atomic E-state index is 12.0. The molecule has 0 saturated carbocycles. The van der Waals surface area contributed by atoms with Gasteiger partial charge in [-0.15, -0.1) is 6.58 Å². The molecular weight excluding hydrogens is 270 g/mol. The van der Waals surface area contributed by atoms with Crippen molar-refractivity contribution in [2.45, 2.75) is 58.5 Å². The second-order valence-corrected chi connectivity index (χ2v) is 6.73. The Balaban J connectivity index is 2.60. The van der Waals surface area contributed by atoms with Crippen LogP contribution in [0.15, 0.2) is 12.7 Å². The second-order valence-electron chi connectivity index (χ2n) is 6.73. The van der Waals surface area contributed by atoms with Gasteiger partial charge in [0.2, 0.25) is 0 Å². The molecule has 0 radical (unpaired) electrons. The third-order valence-electron chi connectivity index (χ3n) is 3.89. The fourth-order valence-electron chi connectivity index (χ4n) is 2.60. The molecule has 120 valence electrons. The highest BCUT2D eigenvalue weighted by Crippen LogP contribution is 2.37. The van der Waals surface area contributed by atoms with Crippen LogP contribution in [0.4, 0.5) is 4.79 Å². The van der Waals surface area contributed by atoms with E-state index in [1.807, 2.05) is 26.8 Å². The first kappa shape index (κ1) is 17.5. The minimum absolute atomic E-state index is 0.354. The van der Waals surface area contributed by atoms with Crippen LogP contribution in [0.3, 0.4) is 0 Å². The van der Waals surface area contributed by atoms with Gasteiger partial charge in [-0.1, -0.05) is 6.08 Å². The summed E-state index contributed by atoms with van der Waals surface area (Å²) in [5, 5.41) is 9.54. The molecule has 5 heteroatoms. The van der Waals surface area contributed by atoms with Crippen LogP contribution < -0.4 is 0 Å². The zero-order valence-corrected chi connectivity index (χ0v) is 13.4. The summed E-state index contributed by atoms with van der Waals surface area (Å²) in [6.45, 7) is 10.0. The van der Waals surface area contributed by atoms with Crippen molar-refractivity contribution in [1.29, 1.82) is 0 Å². The molecule has 1 aliphatic rings. The van der Waals surface area contributed by atoms with Crippen LogP contribution in [-0.2, 0) is 9.53 Å². The number of rotatable bonds is 5. The molecule has 0 aliphatic carbocycles. The van der Waals surface area contributed by atoms with Crippen molar-refractivity contribution in [3.05, 3.63) is 12.7 Å². The van der Waals surface area contributed by atoms with E-state index in [4.69, 9.17) is 4.74 Å². The van der Waals surface area contributed by atoms with E-state index in [-0.39, 0.29) is 6.09 Å². The van der Waals surface area contributed by atoms with Crippen molar-refractivity contribution in [1.82, 2.24) is 4.90 Å². The Bertz CT molecular complexity index is 390. The predicted octanol–water partition coefficient (Wildman–Crippen LogP) is 3.44. The molecule has 1 rings (SSSR count). The zero-order valence-electron chi connectivity index (χ0n) is 13.4. The third-order valence-corrected chi connectivity index (χ3v) is 3.89. The van der Waals surface area contributed by atoms with Gasteiger partial charge in [0.1, 0.15) is 5.60 Å². The molecule has 1 amide bonds. The number of unbranched alkanes of at least 4 members (excludes halogenated alkanes) is 1. The molecule has 1 aliphatic heterocycles. The number of carbonyl (C=O) groups excluding carboxylic acids is 1. The maximum Gasteiger partial charge on any atom is 0.410 e. The normalized spacial score (nSPS) is 18.1. The smallest absolute Gasteiger partial charge is 0.410 e. The summed E-state index contributed by atoms with van der Waals surface area (Å²) >= 11 is 0. The molecule has 1 fully saturated rings. The van der Waals surface area contributed by atoms with Gasteiger partial charge in [-0.05, 0) is 52.9 Å². The first-order valence-corrected chi connectivity index (χ1v) is 7.52. The summed E-state index contributed by atoms with van der Waals surface area (Å²) in [5.41, 5.74) is -1.23. The lowest BCUT2D eigenvalue weighted by atomic mass is 9.74. The standard InChI is InChI=1S/C16H27NO4/c1-5-6-7-8-16(13(18)19)9-11-17(12-10-16)14(20)21-15(2,3)4/h5H,1,6-12H2,2-4H3,(H,18,19). The van der Waals surface area contributed by atoms with Crippen LogP contribution in [0, 0.1) is 5.41 Å². The van der Waals surface area contributed by atoms with E-state index < -0.39 is 17.0 Å². The summed E-state index contributed by atoms with van der Waals surface area (Å²) in [6, 6.07) is 0. The first-order valence-electron chi connectivity index (χ1n) is 7.52. The monoisotopic (exact) mass is 297 g/mol. The number of allylic oxidation sites excluding steroid dienone is 1. The van der Waals surface area contributed by atoms with E-state index in [9.17, 15) is 14.7 Å². The number of piperidine rings is 1. The van der Waals surface area contributed by atoms with Gasteiger partial charge in [0.25, 0.3) is 0 Å². The third kappa shape index (κ3) is 5.06. The summed E-state index contributed by atoms with van der Waals surface area (Å²) in [4.78, 5) is 25.2. The zero-order chi connectivity index (χ0) is 16.1. The number of hydrogen-bond acceptors (Lipinski definition) is 3. The van der Waals surface area contributed by atoms with E-state index in [0.29, 0.717) is 32.4 Å². The van der Waals surface area contributed by atoms with Crippen molar-refractivity contribution in [2.24, 2.45) is 5.41 Å². The highest BCUT2D eigenvalue weighted by Gasteiger charge is 2.42. The topological polar surface area (TPSA) is 66.8 Å². The van der Waals surface area contributed by atoms with Crippen LogP contribution in [-0.4, -0.2) is 40.8 Å². The summed E-state index contributed by atoms with van der Waals surface area (Å²) in [6.07, 6.45) is 4.71. The minimum Gasteiger partial charge on any atom is -0.481 e. The lowest BCUT2D eigenvalue weighted by Gasteiger charge is -2.39. The summed E-state index contributed by atoms with van der Waals surface area (Å²) in [5.74, 6) is -0.754. The molecule has 0 aromatic carbocycles. The SMILES string of the molecule is C=CCCCC1(C(=O)O)CCN(C(=O)OC(C)(C)C)CC1. The van der Waals surface area contributed by atoms with Crippen LogP contribution in [0.1, 0.15) is 52.9 Å². The van der Waals surface area contributed by atoms with Gasteiger partial charge in [-0.3, -0.25) is 4.79 Å². The predicted molar refractivity (Wildman–Crippen MR) is 81.2 cm³/mol. The molecular formula is C16H27NO4. The molecule has 5 nitrogen and oxygen atoms in total. The highest BCUT2D eigenvalue weighted by atomic mass is 16.6. The maximum absolute atomic E-state index is 12.0. The van der Waals surface area contributed by atoms with Crippen molar-refractivity contribution < 1.29 is 19.4 Å². The molecule has 21 heavy (non-hydrogen) atoms. The van der Waals surface area contributed by atoms with Crippen molar-refractivity contribution >= 4 is 12.1 Å². The van der Waals surface area contributed by atoms with Crippen LogP contribution >= 0.6 is 0 Å². The van der Waals surface area contributed by atoms with Crippen LogP contribution in [0.25, 0.3) is 0 Å². The molecule has 0 atom stereocenters. The van der Waals surface area contributed by atoms with Gasteiger partial charge in [0.05, 0.1) is 5.41 Å². The fourth-order valence-corrected chi connectivity index (χ4v) is 2.60. The number of aliphatic carboxylic acids is 1. The van der Waals surface area contributed by atoms with Crippen molar-refractivity contribution in [2.75, 3.05) is 13.1 Å². The average Bonchev–Trinajstić information content (AvgIpc) is 2.37. The molecule has 1 heterocycles. The quantitative estimate of drug-likeness (QED) is 0.623. The van der Waals surface area contributed by atoms with E-state index in [1.54, 1.807) is 4.90 Å². The fraction of sp³-hybridized carbons (Fsp3) is 0.750. The number of carboxylic acid groups (broad SMARTS) is 1. The summed E-state index contributed by atoms with van der Waals surface area (Å²) < 4.78 is 5.33. The first-order chi connectivity index (χ1) is 9.70.